The molecule has 1 atom stereocenters. The summed E-state index contributed by atoms with van der Waals surface area (Å²) in [6.07, 6.45) is 0. The van der Waals surface area contributed by atoms with E-state index in [2.05, 4.69) is 0 Å². The van der Waals surface area contributed by atoms with Crippen LogP contribution in [-0.2, 0) is 9.59 Å². The van der Waals surface area contributed by atoms with Gasteiger partial charge in [0.15, 0.2) is 0 Å². The smallest absolute Gasteiger partial charge is 0.308 e. The van der Waals surface area contributed by atoms with E-state index in [1.807, 2.05) is 0 Å². The third-order valence-corrected chi connectivity index (χ3v) is 0.942. The number of carbonyl (C=O) groups is 2. The summed E-state index contributed by atoms with van der Waals surface area (Å²) < 4.78 is 0. The van der Waals surface area contributed by atoms with Crippen LogP contribution in [0.15, 0.2) is 0 Å². The molecule has 0 radical (unpaired) electrons. The minimum atomic E-state index is -2.79. The molecule has 0 saturated heterocycles. The molecule has 0 rings (SSSR count). The van der Waals surface area contributed by atoms with Gasteiger partial charge >= 0.3 is 5.72 Å². The summed E-state index contributed by atoms with van der Waals surface area (Å²) in [6.45, 7) is 1.02. The molecule has 7 nitrogen and oxygen atoms in total. The summed E-state index contributed by atoms with van der Waals surface area (Å²) in [5, 5.41) is 26.8. The van der Waals surface area contributed by atoms with Gasteiger partial charge in [-0.05, 0) is 0 Å². The van der Waals surface area contributed by atoms with Crippen molar-refractivity contribution < 1.29 is 19.9 Å². The zero-order chi connectivity index (χ0) is 9.78. The van der Waals surface area contributed by atoms with Gasteiger partial charge in [-0.1, -0.05) is 0 Å². The number of carbonyl (C=O) groups excluding carboxylic acids is 2. The van der Waals surface area contributed by atoms with Gasteiger partial charge in [0.25, 0.3) is 5.91 Å². The summed E-state index contributed by atoms with van der Waals surface area (Å²) in [7, 11) is 0. The number of hydrogen-bond acceptors (Lipinski definition) is 6. The van der Waals surface area contributed by atoms with Crippen LogP contribution in [0.5, 0.6) is 0 Å². The average molecular weight is 173 g/mol. The number of aliphatic hydroxyl groups is 1. The average Bonchev–Trinajstić information content (AvgIpc) is 2.02. The number of nitriles is 1. The second kappa shape index (κ2) is 3.77. The Kier molecular flexibility index (Phi) is 3.30. The van der Waals surface area contributed by atoms with E-state index in [1.54, 1.807) is 5.32 Å². The van der Waals surface area contributed by atoms with E-state index in [9.17, 15) is 9.59 Å². The number of imide groups is 1. The summed E-state index contributed by atoms with van der Waals surface area (Å²) in [5.74, 6) is -2.08. The summed E-state index contributed by atoms with van der Waals surface area (Å²) in [4.78, 5) is 21.0. The predicted octanol–water partition coefficient (Wildman–Crippen LogP) is -2.16. The molecule has 0 aliphatic heterocycles. The standard InChI is InChI=1S/C5H7N3O4/c1-3(9)7-4(10)5(11,2-6)8-12/h8,11-12H,1H3,(H,7,9,10). The molecule has 12 heavy (non-hydrogen) atoms. The van der Waals surface area contributed by atoms with Gasteiger partial charge in [-0.3, -0.25) is 14.9 Å². The molecule has 2 amide bonds. The maximum absolute atomic E-state index is 10.7. The van der Waals surface area contributed by atoms with Crippen LogP contribution in [0.25, 0.3) is 0 Å². The third-order valence-electron chi connectivity index (χ3n) is 0.942. The van der Waals surface area contributed by atoms with Gasteiger partial charge in [-0.25, -0.2) is 0 Å². The Morgan fingerprint density at radius 3 is 2.33 bits per heavy atom. The molecule has 0 spiro atoms. The second-order valence-electron chi connectivity index (χ2n) is 1.94. The van der Waals surface area contributed by atoms with Crippen molar-refractivity contribution in [2.45, 2.75) is 12.6 Å². The minimum Gasteiger partial charge on any atom is -0.355 e. The first-order chi connectivity index (χ1) is 5.46. The first-order valence-corrected chi connectivity index (χ1v) is 2.83. The molecule has 0 heterocycles. The topological polar surface area (TPSA) is 122 Å². The Labute approximate surface area is 67.6 Å². The zero-order valence-electron chi connectivity index (χ0n) is 6.16. The maximum atomic E-state index is 10.7. The van der Waals surface area contributed by atoms with Crippen LogP contribution >= 0.6 is 0 Å². The van der Waals surface area contributed by atoms with E-state index in [0.717, 1.165) is 18.5 Å². The third kappa shape index (κ3) is 2.28. The summed E-state index contributed by atoms with van der Waals surface area (Å²) in [5.41, 5.74) is -1.72. The molecule has 0 fully saturated rings. The van der Waals surface area contributed by atoms with Gasteiger partial charge in [0.2, 0.25) is 5.91 Å². The van der Waals surface area contributed by atoms with E-state index >= 15 is 0 Å². The SMILES string of the molecule is CC(=O)NC(=O)C(O)(C#N)NO. The summed E-state index contributed by atoms with van der Waals surface area (Å²) in [6, 6.07) is 1.06. The molecular formula is C5H7N3O4. The van der Waals surface area contributed by atoms with E-state index in [-0.39, 0.29) is 0 Å². The fraction of sp³-hybridized carbons (Fsp3) is 0.400. The highest BCUT2D eigenvalue weighted by atomic mass is 16.5. The molecule has 66 valence electrons. The molecule has 0 aromatic heterocycles. The highest BCUT2D eigenvalue weighted by Gasteiger charge is 2.36. The Hall–Kier alpha value is -1.49. The molecular weight excluding hydrogens is 166 g/mol. The predicted molar refractivity (Wildman–Crippen MR) is 34.3 cm³/mol. The number of nitrogens with zero attached hydrogens (tertiary/aromatic N) is 1. The van der Waals surface area contributed by atoms with Crippen LogP contribution < -0.4 is 10.8 Å². The lowest BCUT2D eigenvalue weighted by Crippen LogP contribution is -2.55. The van der Waals surface area contributed by atoms with Crippen LogP contribution in [0.4, 0.5) is 0 Å². The Balaban J connectivity index is 4.46. The summed E-state index contributed by atoms with van der Waals surface area (Å²) >= 11 is 0. The van der Waals surface area contributed by atoms with Crippen LogP contribution in [0.1, 0.15) is 6.92 Å². The molecule has 7 heteroatoms. The quantitative estimate of drug-likeness (QED) is 0.214. The number of amides is 2. The molecule has 0 bridgehead atoms. The number of nitrogens with one attached hydrogen (secondary N) is 2. The van der Waals surface area contributed by atoms with Gasteiger partial charge in [0.05, 0.1) is 0 Å². The first-order valence-electron chi connectivity index (χ1n) is 2.83. The first kappa shape index (κ1) is 10.5. The van der Waals surface area contributed by atoms with Gasteiger partial charge in [-0.2, -0.15) is 10.7 Å². The molecule has 0 aromatic carbocycles. The lowest BCUT2D eigenvalue weighted by atomic mass is 10.2. The van der Waals surface area contributed by atoms with Crippen molar-refractivity contribution in [3.8, 4) is 6.07 Å². The van der Waals surface area contributed by atoms with Crippen molar-refractivity contribution in [1.82, 2.24) is 10.8 Å². The van der Waals surface area contributed by atoms with Gasteiger partial charge < -0.3 is 10.3 Å². The number of rotatable bonds is 2. The highest BCUT2D eigenvalue weighted by Crippen LogP contribution is 1.95. The van der Waals surface area contributed by atoms with Crippen molar-refractivity contribution in [2.75, 3.05) is 0 Å². The maximum Gasteiger partial charge on any atom is 0.308 e. The second-order valence-corrected chi connectivity index (χ2v) is 1.94. The van der Waals surface area contributed by atoms with Crippen molar-refractivity contribution in [3.05, 3.63) is 0 Å². The Morgan fingerprint density at radius 1 is 1.58 bits per heavy atom. The van der Waals surface area contributed by atoms with Gasteiger partial charge in [-0.15, -0.1) is 0 Å². The fourth-order valence-electron chi connectivity index (χ4n) is 0.377. The Bertz CT molecular complexity index is 246. The minimum absolute atomic E-state index is 0.746. The van der Waals surface area contributed by atoms with Gasteiger partial charge in [0, 0.05) is 6.92 Å². The van der Waals surface area contributed by atoms with E-state index in [1.165, 1.54) is 0 Å². The highest BCUT2D eigenvalue weighted by molar-refractivity contribution is 5.99. The van der Waals surface area contributed by atoms with Crippen LogP contribution in [0.3, 0.4) is 0 Å². The normalized spacial score (nSPS) is 14.2. The van der Waals surface area contributed by atoms with Crippen molar-refractivity contribution in [1.29, 1.82) is 5.26 Å². The number of hydroxylamine groups is 1. The van der Waals surface area contributed by atoms with Crippen molar-refractivity contribution >= 4 is 11.8 Å². The number of hydrogen-bond donors (Lipinski definition) is 4. The molecule has 1 unspecified atom stereocenters. The molecule has 0 saturated carbocycles. The lowest BCUT2D eigenvalue weighted by Gasteiger charge is -2.15. The van der Waals surface area contributed by atoms with Crippen molar-refractivity contribution in [2.24, 2.45) is 0 Å². The van der Waals surface area contributed by atoms with Crippen molar-refractivity contribution in [3.63, 3.8) is 0 Å². The lowest BCUT2D eigenvalue weighted by molar-refractivity contribution is -0.149. The molecule has 0 aliphatic carbocycles. The monoisotopic (exact) mass is 173 g/mol. The Morgan fingerprint density at radius 2 is 2.08 bits per heavy atom. The molecule has 0 aromatic rings. The van der Waals surface area contributed by atoms with Crippen LogP contribution in [0, 0.1) is 11.3 Å². The fourth-order valence-corrected chi connectivity index (χ4v) is 0.377. The van der Waals surface area contributed by atoms with E-state index < -0.39 is 17.5 Å². The van der Waals surface area contributed by atoms with E-state index in [4.69, 9.17) is 15.6 Å². The molecule has 0 aliphatic rings. The largest absolute Gasteiger partial charge is 0.355 e. The van der Waals surface area contributed by atoms with Crippen LogP contribution in [-0.4, -0.2) is 27.9 Å². The molecule has 4 N–H and O–H groups in total. The zero-order valence-corrected chi connectivity index (χ0v) is 6.16. The van der Waals surface area contributed by atoms with E-state index in [0.29, 0.717) is 0 Å². The van der Waals surface area contributed by atoms with Gasteiger partial charge in [0.1, 0.15) is 6.07 Å². The van der Waals surface area contributed by atoms with Crippen LogP contribution in [0.2, 0.25) is 0 Å².